The highest BCUT2D eigenvalue weighted by atomic mass is 16.5. The maximum Gasteiger partial charge on any atom is 0.355 e. The Morgan fingerprint density at radius 2 is 1.57 bits per heavy atom. The molecule has 1 atom stereocenters. The average molecular weight is 408 g/mol. The second kappa shape index (κ2) is 11.6. The van der Waals surface area contributed by atoms with E-state index in [0.717, 1.165) is 17.5 Å². The van der Waals surface area contributed by atoms with Gasteiger partial charge in [-0.05, 0) is 29.5 Å². The number of rotatable bonds is 9. The molecule has 0 aliphatic heterocycles. The average Bonchev–Trinajstić information content (AvgIpc) is 2.72. The van der Waals surface area contributed by atoms with Crippen LogP contribution in [0.3, 0.4) is 0 Å². The highest BCUT2D eigenvalue weighted by molar-refractivity contribution is 5.98. The largest absolute Gasteiger partial charge is 0.451 e. The van der Waals surface area contributed by atoms with E-state index in [1.165, 1.54) is 13.0 Å². The molecule has 0 heterocycles. The monoisotopic (exact) mass is 408 g/mol. The summed E-state index contributed by atoms with van der Waals surface area (Å²) in [4.78, 5) is 36.3. The molecule has 2 rings (SSSR count). The summed E-state index contributed by atoms with van der Waals surface area (Å²) in [5, 5.41) is 5.39. The number of ether oxygens (including phenoxy) is 1. The van der Waals surface area contributed by atoms with Crippen molar-refractivity contribution in [2.24, 2.45) is 5.92 Å². The molecule has 0 aliphatic rings. The van der Waals surface area contributed by atoms with E-state index in [1.807, 2.05) is 48.5 Å². The zero-order valence-corrected chi connectivity index (χ0v) is 17.6. The zero-order valence-electron chi connectivity index (χ0n) is 17.6. The molecule has 0 bridgehead atoms. The standard InChI is InChI=1S/C24H28N2O4/c1-17(2)14-21(20-12-8-5-9-13-20)26-23(28)16-30-24(29)22(25-18(3)27)15-19-10-6-4-7-11-19/h4-13,15,17,21H,14,16H2,1-3H3,(H,25,27)(H,26,28)/b22-15-/t21-/m0/s1. The predicted molar refractivity (Wildman–Crippen MR) is 116 cm³/mol. The molecule has 158 valence electrons. The van der Waals surface area contributed by atoms with E-state index in [-0.39, 0.29) is 11.7 Å². The van der Waals surface area contributed by atoms with Gasteiger partial charge in [0.05, 0.1) is 6.04 Å². The van der Waals surface area contributed by atoms with Crippen molar-refractivity contribution in [1.82, 2.24) is 10.6 Å². The van der Waals surface area contributed by atoms with Gasteiger partial charge in [-0.3, -0.25) is 9.59 Å². The Morgan fingerprint density at radius 1 is 0.967 bits per heavy atom. The summed E-state index contributed by atoms with van der Waals surface area (Å²) >= 11 is 0. The number of benzene rings is 2. The third-order valence-electron chi connectivity index (χ3n) is 4.22. The molecule has 0 saturated heterocycles. The molecule has 2 N–H and O–H groups in total. The van der Waals surface area contributed by atoms with Gasteiger partial charge in [-0.2, -0.15) is 0 Å². The molecule has 0 spiro atoms. The van der Waals surface area contributed by atoms with Gasteiger partial charge in [-0.25, -0.2) is 4.79 Å². The molecular weight excluding hydrogens is 380 g/mol. The van der Waals surface area contributed by atoms with Crippen LogP contribution < -0.4 is 10.6 Å². The lowest BCUT2D eigenvalue weighted by molar-refractivity contribution is -0.145. The fraction of sp³-hybridized carbons (Fsp3) is 0.292. The highest BCUT2D eigenvalue weighted by Gasteiger charge is 2.19. The number of nitrogens with one attached hydrogen (secondary N) is 2. The molecule has 0 unspecified atom stereocenters. The van der Waals surface area contributed by atoms with E-state index < -0.39 is 24.4 Å². The summed E-state index contributed by atoms with van der Waals surface area (Å²) in [6, 6.07) is 18.5. The Morgan fingerprint density at radius 3 is 2.13 bits per heavy atom. The minimum absolute atomic E-state index is 0.0247. The summed E-state index contributed by atoms with van der Waals surface area (Å²) in [5.74, 6) is -1.21. The lowest BCUT2D eigenvalue weighted by atomic mass is 9.97. The molecule has 30 heavy (non-hydrogen) atoms. The minimum Gasteiger partial charge on any atom is -0.451 e. The van der Waals surface area contributed by atoms with Crippen molar-refractivity contribution in [2.45, 2.75) is 33.2 Å². The fourth-order valence-electron chi connectivity index (χ4n) is 2.93. The van der Waals surface area contributed by atoms with Gasteiger partial charge < -0.3 is 15.4 Å². The van der Waals surface area contributed by atoms with E-state index in [1.54, 1.807) is 12.1 Å². The molecule has 6 nitrogen and oxygen atoms in total. The van der Waals surface area contributed by atoms with Crippen LogP contribution in [-0.2, 0) is 19.1 Å². The SMILES string of the molecule is CC(=O)N/C(=C\c1ccccc1)C(=O)OCC(=O)N[C@@H](CC(C)C)c1ccccc1. The smallest absolute Gasteiger partial charge is 0.355 e. The van der Waals surface area contributed by atoms with Crippen LogP contribution in [0.25, 0.3) is 6.08 Å². The molecule has 0 aromatic heterocycles. The number of hydrogen-bond acceptors (Lipinski definition) is 4. The molecular formula is C24H28N2O4. The third kappa shape index (κ3) is 7.91. The van der Waals surface area contributed by atoms with Crippen molar-refractivity contribution >= 4 is 23.9 Å². The van der Waals surface area contributed by atoms with Crippen LogP contribution in [0.1, 0.15) is 44.4 Å². The van der Waals surface area contributed by atoms with Crippen LogP contribution in [0.4, 0.5) is 0 Å². The number of carbonyl (C=O) groups excluding carboxylic acids is 3. The summed E-state index contributed by atoms with van der Waals surface area (Å²) in [5.41, 5.74) is 1.70. The lowest BCUT2D eigenvalue weighted by Crippen LogP contribution is -2.34. The molecule has 0 saturated carbocycles. The van der Waals surface area contributed by atoms with Gasteiger partial charge >= 0.3 is 5.97 Å². The van der Waals surface area contributed by atoms with Crippen LogP contribution in [0.2, 0.25) is 0 Å². The normalized spacial score (nSPS) is 12.2. The fourth-order valence-corrected chi connectivity index (χ4v) is 2.93. The number of hydrogen-bond donors (Lipinski definition) is 2. The second-order valence-electron chi connectivity index (χ2n) is 7.39. The van der Waals surface area contributed by atoms with Crippen molar-refractivity contribution in [3.8, 4) is 0 Å². The Balaban J connectivity index is 2.02. The van der Waals surface area contributed by atoms with Gasteiger partial charge in [0.1, 0.15) is 5.70 Å². The number of amides is 2. The van der Waals surface area contributed by atoms with E-state index >= 15 is 0 Å². The first kappa shape index (κ1) is 22.9. The Hall–Kier alpha value is -3.41. The molecule has 0 radical (unpaired) electrons. The van der Waals surface area contributed by atoms with Gasteiger partial charge in [0, 0.05) is 6.92 Å². The summed E-state index contributed by atoms with van der Waals surface area (Å²) in [6.45, 7) is 5.02. The van der Waals surface area contributed by atoms with Crippen molar-refractivity contribution < 1.29 is 19.1 Å². The van der Waals surface area contributed by atoms with Crippen LogP contribution in [0.5, 0.6) is 0 Å². The van der Waals surface area contributed by atoms with Crippen molar-refractivity contribution in [2.75, 3.05) is 6.61 Å². The first-order valence-electron chi connectivity index (χ1n) is 9.91. The van der Waals surface area contributed by atoms with Crippen molar-refractivity contribution in [3.63, 3.8) is 0 Å². The first-order valence-corrected chi connectivity index (χ1v) is 9.91. The molecule has 2 aromatic carbocycles. The Kier molecular flexibility index (Phi) is 8.81. The van der Waals surface area contributed by atoms with Crippen LogP contribution in [0.15, 0.2) is 66.4 Å². The highest BCUT2D eigenvalue weighted by Crippen LogP contribution is 2.21. The molecule has 2 aromatic rings. The summed E-state index contributed by atoms with van der Waals surface area (Å²) < 4.78 is 5.15. The maximum atomic E-state index is 12.4. The molecule has 0 aliphatic carbocycles. The molecule has 6 heteroatoms. The van der Waals surface area contributed by atoms with Crippen molar-refractivity contribution in [1.29, 1.82) is 0 Å². The molecule has 2 amide bonds. The van der Waals surface area contributed by atoms with Gasteiger partial charge in [0.25, 0.3) is 5.91 Å². The van der Waals surface area contributed by atoms with Crippen LogP contribution >= 0.6 is 0 Å². The van der Waals surface area contributed by atoms with E-state index in [9.17, 15) is 14.4 Å². The van der Waals surface area contributed by atoms with Crippen LogP contribution in [-0.4, -0.2) is 24.4 Å². The molecule has 0 fully saturated rings. The topological polar surface area (TPSA) is 84.5 Å². The lowest BCUT2D eigenvalue weighted by Gasteiger charge is -2.21. The van der Waals surface area contributed by atoms with Gasteiger partial charge in [-0.15, -0.1) is 0 Å². The first-order chi connectivity index (χ1) is 14.3. The van der Waals surface area contributed by atoms with Gasteiger partial charge in [0.15, 0.2) is 6.61 Å². The number of esters is 1. The third-order valence-corrected chi connectivity index (χ3v) is 4.22. The Bertz CT molecular complexity index is 877. The van der Waals surface area contributed by atoms with Gasteiger partial charge in [-0.1, -0.05) is 74.5 Å². The zero-order chi connectivity index (χ0) is 21.9. The number of carbonyl (C=O) groups is 3. The second-order valence-corrected chi connectivity index (χ2v) is 7.39. The van der Waals surface area contributed by atoms with E-state index in [2.05, 4.69) is 24.5 Å². The summed E-state index contributed by atoms with van der Waals surface area (Å²) in [7, 11) is 0. The van der Waals surface area contributed by atoms with Gasteiger partial charge in [0.2, 0.25) is 5.91 Å². The minimum atomic E-state index is -0.774. The predicted octanol–water partition coefficient (Wildman–Crippen LogP) is 3.61. The van der Waals surface area contributed by atoms with E-state index in [4.69, 9.17) is 4.74 Å². The maximum absolute atomic E-state index is 12.4. The van der Waals surface area contributed by atoms with Crippen LogP contribution in [0, 0.1) is 5.92 Å². The summed E-state index contributed by atoms with van der Waals surface area (Å²) in [6.07, 6.45) is 2.27. The Labute approximate surface area is 177 Å². The van der Waals surface area contributed by atoms with E-state index in [0.29, 0.717) is 5.92 Å². The van der Waals surface area contributed by atoms with Crippen molar-refractivity contribution in [3.05, 3.63) is 77.5 Å². The quantitative estimate of drug-likeness (QED) is 0.490.